The first-order valence-electron chi connectivity index (χ1n) is 9.57. The number of hydrogen-bond donors (Lipinski definition) is 2. The predicted molar refractivity (Wildman–Crippen MR) is 109 cm³/mol. The Morgan fingerprint density at radius 2 is 1.21 bits per heavy atom. The van der Waals surface area contributed by atoms with Gasteiger partial charge in [0.1, 0.15) is 23.0 Å². The largest absolute Gasteiger partial charge is 0.507 e. The lowest BCUT2D eigenvalue weighted by Gasteiger charge is -2.21. The monoisotopic (exact) mass is 396 g/mol. The molecule has 2 N–H and O–H groups in total. The maximum absolute atomic E-state index is 12.8. The molecule has 3 rings (SSSR count). The molecule has 0 aliphatic carbocycles. The van der Waals surface area contributed by atoms with Gasteiger partial charge in [-0.25, -0.2) is 9.59 Å². The molecule has 0 bridgehead atoms. The summed E-state index contributed by atoms with van der Waals surface area (Å²) in [4.78, 5) is 25.7. The summed E-state index contributed by atoms with van der Waals surface area (Å²) in [5.74, 6) is -0.794. The van der Waals surface area contributed by atoms with E-state index in [2.05, 4.69) is 0 Å². The van der Waals surface area contributed by atoms with Crippen molar-refractivity contribution >= 4 is 0 Å². The predicted octanol–water partition coefficient (Wildman–Crippen LogP) is 3.93. The molecule has 3 aromatic rings. The average molecular weight is 396 g/mol. The van der Waals surface area contributed by atoms with Gasteiger partial charge in [0.25, 0.3) is 0 Å². The van der Waals surface area contributed by atoms with Crippen LogP contribution in [0, 0.1) is 13.8 Å². The minimum absolute atomic E-state index is 0.0999. The van der Waals surface area contributed by atoms with Gasteiger partial charge in [0, 0.05) is 24.0 Å². The number of aromatic hydroxyl groups is 2. The fraction of sp³-hybridized carbons (Fsp3) is 0.304. The molecule has 0 saturated heterocycles. The Labute approximate surface area is 168 Å². The van der Waals surface area contributed by atoms with E-state index in [0.717, 1.165) is 0 Å². The summed E-state index contributed by atoms with van der Waals surface area (Å²) in [6.45, 7) is 6.92. The molecule has 2 aromatic heterocycles. The SMILES string of the molecule is CCc1oc(=O)c(C(c2ccccc2)c2c(O)c(C)c(CC)oc2=O)c(O)c1C. The highest BCUT2D eigenvalue weighted by Crippen LogP contribution is 2.40. The van der Waals surface area contributed by atoms with Crippen LogP contribution in [0.25, 0.3) is 0 Å². The van der Waals surface area contributed by atoms with Crippen molar-refractivity contribution in [3.63, 3.8) is 0 Å². The molecule has 0 spiro atoms. The third-order valence-corrected chi connectivity index (χ3v) is 5.28. The van der Waals surface area contributed by atoms with Crippen LogP contribution in [0.15, 0.2) is 48.8 Å². The molecule has 0 atom stereocenters. The maximum Gasteiger partial charge on any atom is 0.343 e. The van der Waals surface area contributed by atoms with Gasteiger partial charge in [-0.05, 0) is 19.4 Å². The number of benzene rings is 1. The lowest BCUT2D eigenvalue weighted by Crippen LogP contribution is -2.23. The summed E-state index contributed by atoms with van der Waals surface area (Å²) in [7, 11) is 0. The molecule has 1 aromatic carbocycles. The molecule has 0 radical (unpaired) electrons. The molecule has 6 heteroatoms. The van der Waals surface area contributed by atoms with Gasteiger partial charge in [0.05, 0.1) is 17.0 Å². The first-order valence-corrected chi connectivity index (χ1v) is 9.57. The Morgan fingerprint density at radius 1 is 0.793 bits per heavy atom. The minimum Gasteiger partial charge on any atom is -0.507 e. The maximum atomic E-state index is 12.8. The quantitative estimate of drug-likeness (QED) is 0.678. The van der Waals surface area contributed by atoms with Crippen molar-refractivity contribution in [1.82, 2.24) is 0 Å². The Hall–Kier alpha value is -3.28. The molecule has 0 fully saturated rings. The topological polar surface area (TPSA) is 101 Å². The van der Waals surface area contributed by atoms with E-state index in [4.69, 9.17) is 8.83 Å². The molecule has 152 valence electrons. The van der Waals surface area contributed by atoms with E-state index in [1.807, 2.05) is 13.8 Å². The molecule has 29 heavy (non-hydrogen) atoms. The summed E-state index contributed by atoms with van der Waals surface area (Å²) < 4.78 is 10.8. The van der Waals surface area contributed by atoms with Crippen LogP contribution >= 0.6 is 0 Å². The van der Waals surface area contributed by atoms with Crippen LogP contribution < -0.4 is 11.3 Å². The first kappa shape index (κ1) is 20.5. The van der Waals surface area contributed by atoms with Crippen LogP contribution in [0.5, 0.6) is 11.5 Å². The normalized spacial score (nSPS) is 11.2. The molecule has 0 aliphatic rings. The highest BCUT2D eigenvalue weighted by Gasteiger charge is 2.32. The molecule has 2 heterocycles. The zero-order valence-electron chi connectivity index (χ0n) is 16.9. The van der Waals surface area contributed by atoms with Crippen LogP contribution in [0.1, 0.15) is 59.1 Å². The average Bonchev–Trinajstić information content (AvgIpc) is 2.72. The summed E-state index contributed by atoms with van der Waals surface area (Å²) >= 11 is 0. The molecular formula is C23H24O6. The second-order valence-corrected chi connectivity index (χ2v) is 6.95. The van der Waals surface area contributed by atoms with Crippen molar-refractivity contribution < 1.29 is 19.0 Å². The zero-order chi connectivity index (χ0) is 21.3. The van der Waals surface area contributed by atoms with E-state index in [0.29, 0.717) is 41.1 Å². The molecular weight excluding hydrogens is 372 g/mol. The molecule has 0 aliphatic heterocycles. The second kappa shape index (κ2) is 7.99. The van der Waals surface area contributed by atoms with Crippen LogP contribution in [-0.4, -0.2) is 10.2 Å². The Bertz CT molecular complexity index is 1080. The van der Waals surface area contributed by atoms with Crippen molar-refractivity contribution in [1.29, 1.82) is 0 Å². The second-order valence-electron chi connectivity index (χ2n) is 6.95. The van der Waals surface area contributed by atoms with Crippen LogP contribution in [-0.2, 0) is 12.8 Å². The number of hydrogen-bond acceptors (Lipinski definition) is 6. The summed E-state index contributed by atoms with van der Waals surface area (Å²) in [6, 6.07) is 8.73. The van der Waals surface area contributed by atoms with E-state index in [9.17, 15) is 19.8 Å². The van der Waals surface area contributed by atoms with Crippen molar-refractivity contribution in [2.45, 2.75) is 46.5 Å². The summed E-state index contributed by atoms with van der Waals surface area (Å²) in [5.41, 5.74) is -0.313. The Balaban J connectivity index is 2.43. The van der Waals surface area contributed by atoms with Crippen molar-refractivity contribution in [2.75, 3.05) is 0 Å². The van der Waals surface area contributed by atoms with E-state index < -0.39 is 17.2 Å². The highest BCUT2D eigenvalue weighted by molar-refractivity contribution is 5.54. The van der Waals surface area contributed by atoms with E-state index >= 15 is 0 Å². The Morgan fingerprint density at radius 3 is 1.59 bits per heavy atom. The van der Waals surface area contributed by atoms with Gasteiger partial charge in [-0.15, -0.1) is 0 Å². The highest BCUT2D eigenvalue weighted by atomic mass is 16.4. The standard InChI is InChI=1S/C23H24O6/c1-5-15-12(3)20(24)18(22(26)28-15)17(14-10-8-7-9-11-14)19-21(25)13(4)16(6-2)29-23(19)27/h7-11,17,24-25H,5-6H2,1-4H3. The van der Waals surface area contributed by atoms with Crippen molar-refractivity contribution in [2.24, 2.45) is 0 Å². The number of aryl methyl sites for hydroxylation is 2. The fourth-order valence-corrected chi connectivity index (χ4v) is 3.66. The lowest BCUT2D eigenvalue weighted by molar-refractivity contribution is 0.393. The third-order valence-electron chi connectivity index (χ3n) is 5.28. The van der Waals surface area contributed by atoms with Gasteiger partial charge in [-0.2, -0.15) is 0 Å². The van der Waals surface area contributed by atoms with Crippen molar-refractivity contribution in [3.05, 3.63) is 90.5 Å². The first-order chi connectivity index (χ1) is 13.8. The van der Waals surface area contributed by atoms with Crippen molar-refractivity contribution in [3.8, 4) is 11.5 Å². The number of rotatable bonds is 5. The van der Waals surface area contributed by atoms with Crippen LogP contribution in [0.3, 0.4) is 0 Å². The summed E-state index contributed by atoms with van der Waals surface area (Å²) in [5, 5.41) is 21.7. The molecule has 0 saturated carbocycles. The van der Waals surface area contributed by atoms with Gasteiger partial charge in [0.2, 0.25) is 0 Å². The molecule has 0 unspecified atom stereocenters. The summed E-state index contributed by atoms with van der Waals surface area (Å²) in [6.07, 6.45) is 0.866. The van der Waals surface area contributed by atoms with Gasteiger partial charge < -0.3 is 19.0 Å². The third kappa shape index (κ3) is 3.46. The minimum atomic E-state index is -1.04. The van der Waals surface area contributed by atoms with Gasteiger partial charge in [-0.1, -0.05) is 44.2 Å². The van der Waals surface area contributed by atoms with E-state index in [1.54, 1.807) is 44.2 Å². The van der Waals surface area contributed by atoms with Crippen LogP contribution in [0.2, 0.25) is 0 Å². The Kier molecular flexibility index (Phi) is 5.64. The van der Waals surface area contributed by atoms with Crippen LogP contribution in [0.4, 0.5) is 0 Å². The van der Waals surface area contributed by atoms with Gasteiger partial charge >= 0.3 is 11.3 Å². The zero-order valence-corrected chi connectivity index (χ0v) is 16.9. The van der Waals surface area contributed by atoms with E-state index in [1.165, 1.54) is 0 Å². The van der Waals surface area contributed by atoms with Gasteiger partial charge in [0.15, 0.2) is 0 Å². The smallest absolute Gasteiger partial charge is 0.343 e. The molecule has 6 nitrogen and oxygen atoms in total. The lowest BCUT2D eigenvalue weighted by atomic mass is 9.84. The molecule has 0 amide bonds. The van der Waals surface area contributed by atoms with Gasteiger partial charge in [-0.3, -0.25) is 0 Å². The fourth-order valence-electron chi connectivity index (χ4n) is 3.66. The van der Waals surface area contributed by atoms with E-state index in [-0.39, 0.29) is 22.6 Å².